The molecule has 84 valence electrons. The van der Waals surface area contributed by atoms with Crippen molar-refractivity contribution in [2.75, 3.05) is 18.5 Å². The van der Waals surface area contributed by atoms with E-state index in [1.54, 1.807) is 19.2 Å². The second kappa shape index (κ2) is 5.42. The zero-order valence-electron chi connectivity index (χ0n) is 8.38. The van der Waals surface area contributed by atoms with Gasteiger partial charge in [-0.2, -0.15) is 0 Å². The number of alkyl halides is 2. The summed E-state index contributed by atoms with van der Waals surface area (Å²) in [4.78, 5) is 1.51. The van der Waals surface area contributed by atoms with Gasteiger partial charge in [0.15, 0.2) is 0 Å². The van der Waals surface area contributed by atoms with Crippen LogP contribution in [0.4, 0.5) is 14.5 Å². The summed E-state index contributed by atoms with van der Waals surface area (Å²) in [7, 11) is 1.63. The minimum Gasteiger partial charge on any atom is -0.369 e. The van der Waals surface area contributed by atoms with Crippen molar-refractivity contribution >= 4 is 21.6 Å². The molecule has 2 N–H and O–H groups in total. The van der Waals surface area contributed by atoms with Crippen molar-refractivity contribution in [3.63, 3.8) is 0 Å². The molecule has 0 aliphatic heterocycles. The third-order valence-electron chi connectivity index (χ3n) is 2.12. The second-order valence-corrected chi connectivity index (χ2v) is 4.07. The molecule has 0 heterocycles. The number of anilines is 1. The lowest BCUT2D eigenvalue weighted by molar-refractivity contribution is 0.156. The number of nitrogens with two attached hydrogens (primary N) is 1. The number of hydrogen-bond acceptors (Lipinski definition) is 2. The summed E-state index contributed by atoms with van der Waals surface area (Å²) < 4.78 is 25.3. The predicted molar refractivity (Wildman–Crippen MR) is 61.3 cm³/mol. The van der Waals surface area contributed by atoms with Gasteiger partial charge in [-0.1, -0.05) is 22.0 Å². The average molecular weight is 279 g/mol. The van der Waals surface area contributed by atoms with Crippen molar-refractivity contribution in [3.05, 3.63) is 28.2 Å². The van der Waals surface area contributed by atoms with Crippen LogP contribution in [-0.2, 0) is 6.54 Å². The van der Waals surface area contributed by atoms with E-state index in [9.17, 15) is 8.78 Å². The van der Waals surface area contributed by atoms with Crippen molar-refractivity contribution in [3.8, 4) is 0 Å². The van der Waals surface area contributed by atoms with Gasteiger partial charge < -0.3 is 10.6 Å². The van der Waals surface area contributed by atoms with Crippen molar-refractivity contribution in [2.24, 2.45) is 5.73 Å². The topological polar surface area (TPSA) is 29.3 Å². The van der Waals surface area contributed by atoms with Crippen LogP contribution in [0.2, 0.25) is 0 Å². The molecule has 15 heavy (non-hydrogen) atoms. The van der Waals surface area contributed by atoms with E-state index in [1.165, 1.54) is 4.90 Å². The highest BCUT2D eigenvalue weighted by Crippen LogP contribution is 2.27. The Morgan fingerprint density at radius 1 is 1.47 bits per heavy atom. The van der Waals surface area contributed by atoms with E-state index in [0.717, 1.165) is 15.7 Å². The molecule has 0 saturated carbocycles. The highest BCUT2D eigenvalue weighted by atomic mass is 79.9. The number of halogens is 3. The molecule has 0 aliphatic rings. The van der Waals surface area contributed by atoms with Gasteiger partial charge in [-0.05, 0) is 12.1 Å². The van der Waals surface area contributed by atoms with E-state index < -0.39 is 6.43 Å². The Balaban J connectivity index is 2.97. The molecule has 5 heteroatoms. The predicted octanol–water partition coefficient (Wildman–Crippen LogP) is 2.61. The van der Waals surface area contributed by atoms with Crippen LogP contribution in [0, 0.1) is 0 Å². The van der Waals surface area contributed by atoms with Crippen molar-refractivity contribution in [1.82, 2.24) is 0 Å². The van der Waals surface area contributed by atoms with Crippen molar-refractivity contribution in [2.45, 2.75) is 13.0 Å². The van der Waals surface area contributed by atoms with E-state index in [4.69, 9.17) is 5.73 Å². The minimum absolute atomic E-state index is 0.288. The maximum atomic E-state index is 12.2. The van der Waals surface area contributed by atoms with E-state index >= 15 is 0 Å². The minimum atomic E-state index is -2.35. The summed E-state index contributed by atoms with van der Waals surface area (Å²) in [6.07, 6.45) is -2.35. The van der Waals surface area contributed by atoms with Crippen LogP contribution >= 0.6 is 15.9 Å². The van der Waals surface area contributed by atoms with Gasteiger partial charge in [0.05, 0.1) is 6.54 Å². The summed E-state index contributed by atoms with van der Waals surface area (Å²) in [6, 6.07) is 5.44. The Labute approximate surface area is 96.2 Å². The first-order chi connectivity index (χ1) is 7.06. The summed E-state index contributed by atoms with van der Waals surface area (Å²) in [6.45, 7) is 0.0355. The SMILES string of the molecule is CN(CC(F)F)c1cccc(Br)c1CN. The Hall–Kier alpha value is -0.680. The zero-order chi connectivity index (χ0) is 11.4. The Kier molecular flexibility index (Phi) is 4.47. The third kappa shape index (κ3) is 3.14. The maximum Gasteiger partial charge on any atom is 0.255 e. The smallest absolute Gasteiger partial charge is 0.255 e. The first kappa shape index (κ1) is 12.4. The van der Waals surface area contributed by atoms with Crippen molar-refractivity contribution in [1.29, 1.82) is 0 Å². The molecule has 0 saturated heterocycles. The highest BCUT2D eigenvalue weighted by Gasteiger charge is 2.12. The molecule has 1 aromatic rings. The molecule has 0 amide bonds. The molecular weight excluding hydrogens is 266 g/mol. The molecule has 0 radical (unpaired) electrons. The van der Waals surface area contributed by atoms with E-state index in [0.29, 0.717) is 6.54 Å². The van der Waals surface area contributed by atoms with E-state index in [2.05, 4.69) is 15.9 Å². The van der Waals surface area contributed by atoms with Crippen LogP contribution in [0.3, 0.4) is 0 Å². The van der Waals surface area contributed by atoms with Crippen LogP contribution in [0.1, 0.15) is 5.56 Å². The van der Waals surface area contributed by atoms with Crippen molar-refractivity contribution < 1.29 is 8.78 Å². The van der Waals surface area contributed by atoms with Gasteiger partial charge in [0, 0.05) is 29.3 Å². The largest absolute Gasteiger partial charge is 0.369 e. The van der Waals surface area contributed by atoms with Gasteiger partial charge in [0.1, 0.15) is 0 Å². The molecule has 2 nitrogen and oxygen atoms in total. The molecule has 0 fully saturated rings. The van der Waals surface area contributed by atoms with E-state index in [-0.39, 0.29) is 6.54 Å². The number of nitrogens with zero attached hydrogens (tertiary/aromatic N) is 1. The van der Waals surface area contributed by atoms with Crippen LogP contribution in [0.5, 0.6) is 0 Å². The fourth-order valence-corrected chi connectivity index (χ4v) is 1.93. The Bertz CT molecular complexity index is 331. The molecule has 1 aromatic carbocycles. The number of hydrogen-bond donors (Lipinski definition) is 1. The summed E-state index contributed by atoms with van der Waals surface area (Å²) in [5.41, 5.74) is 7.17. The third-order valence-corrected chi connectivity index (χ3v) is 2.86. The van der Waals surface area contributed by atoms with Crippen LogP contribution < -0.4 is 10.6 Å². The van der Waals surface area contributed by atoms with Gasteiger partial charge in [-0.3, -0.25) is 0 Å². The molecule has 1 rings (SSSR count). The molecule has 0 spiro atoms. The van der Waals surface area contributed by atoms with Crippen LogP contribution in [0.25, 0.3) is 0 Å². The average Bonchev–Trinajstić information content (AvgIpc) is 2.16. The second-order valence-electron chi connectivity index (χ2n) is 3.21. The molecule has 0 aromatic heterocycles. The lowest BCUT2D eigenvalue weighted by Gasteiger charge is -2.22. The molecule has 0 bridgehead atoms. The number of benzene rings is 1. The van der Waals surface area contributed by atoms with Gasteiger partial charge in [-0.25, -0.2) is 8.78 Å². The summed E-state index contributed by atoms with van der Waals surface area (Å²) in [5.74, 6) is 0. The van der Waals surface area contributed by atoms with Crippen LogP contribution in [0.15, 0.2) is 22.7 Å². The van der Waals surface area contributed by atoms with Crippen LogP contribution in [-0.4, -0.2) is 20.0 Å². The first-order valence-electron chi connectivity index (χ1n) is 4.53. The molecule has 0 atom stereocenters. The molecule has 0 aliphatic carbocycles. The monoisotopic (exact) mass is 278 g/mol. The highest BCUT2D eigenvalue weighted by molar-refractivity contribution is 9.10. The fourth-order valence-electron chi connectivity index (χ4n) is 1.41. The lowest BCUT2D eigenvalue weighted by atomic mass is 10.1. The maximum absolute atomic E-state index is 12.2. The van der Waals surface area contributed by atoms with Gasteiger partial charge in [0.25, 0.3) is 6.43 Å². The number of rotatable bonds is 4. The van der Waals surface area contributed by atoms with Gasteiger partial charge >= 0.3 is 0 Å². The lowest BCUT2D eigenvalue weighted by Crippen LogP contribution is -2.25. The molecular formula is C10H13BrF2N2. The quantitative estimate of drug-likeness (QED) is 0.918. The Morgan fingerprint density at radius 2 is 2.13 bits per heavy atom. The summed E-state index contributed by atoms with van der Waals surface area (Å²) in [5, 5.41) is 0. The molecule has 0 unspecified atom stereocenters. The standard InChI is InChI=1S/C10H13BrF2N2/c1-15(6-10(12)13)9-4-2-3-8(11)7(9)5-14/h2-4,10H,5-6,14H2,1H3. The van der Waals surface area contributed by atoms with Gasteiger partial charge in [0.2, 0.25) is 0 Å². The first-order valence-corrected chi connectivity index (χ1v) is 5.32. The van der Waals surface area contributed by atoms with E-state index in [1.807, 2.05) is 6.07 Å². The normalized spacial score (nSPS) is 10.8. The Morgan fingerprint density at radius 3 is 2.67 bits per heavy atom. The fraction of sp³-hybridized carbons (Fsp3) is 0.400. The zero-order valence-corrected chi connectivity index (χ0v) is 9.97. The summed E-state index contributed by atoms with van der Waals surface area (Å²) >= 11 is 3.35. The van der Waals surface area contributed by atoms with Gasteiger partial charge in [-0.15, -0.1) is 0 Å².